The number of methoxy groups -OCH3 is 1. The largest absolute Gasteiger partial charge is 0.497 e. The van der Waals surface area contributed by atoms with Crippen LogP contribution in [0.25, 0.3) is 5.69 Å². The van der Waals surface area contributed by atoms with Crippen molar-refractivity contribution in [2.75, 3.05) is 18.2 Å². The average Bonchev–Trinajstić information content (AvgIpc) is 3.46. The quantitative estimate of drug-likeness (QED) is 0.541. The molecule has 1 aromatic heterocycles. The Morgan fingerprint density at radius 1 is 1.17 bits per heavy atom. The second-order valence-electron chi connectivity index (χ2n) is 6.81. The molecule has 1 heterocycles. The lowest BCUT2D eigenvalue weighted by Crippen LogP contribution is -2.27. The van der Waals surface area contributed by atoms with Crippen LogP contribution in [0, 0.1) is 0 Å². The van der Waals surface area contributed by atoms with Gasteiger partial charge in [-0.2, -0.15) is 0 Å². The van der Waals surface area contributed by atoms with E-state index in [4.69, 9.17) is 4.74 Å². The van der Waals surface area contributed by atoms with Gasteiger partial charge in [0.05, 0.1) is 24.1 Å². The standard InChI is InChI=1S/C21H21N5O3S/c1-29-16-10-8-15(9-11-16)26-13-22-25-21(26)30-12-19(27)24-18-5-3-2-4-17(18)20(28)23-14-6-7-14/h2-5,8-11,13-14H,6-7,12H2,1H3,(H,23,28)(H,24,27). The van der Waals surface area contributed by atoms with E-state index in [1.54, 1.807) is 42.3 Å². The smallest absolute Gasteiger partial charge is 0.253 e. The summed E-state index contributed by atoms with van der Waals surface area (Å²) < 4.78 is 6.98. The number of ether oxygens (including phenoxy) is 1. The van der Waals surface area contributed by atoms with Crippen LogP contribution >= 0.6 is 11.8 Å². The molecule has 9 heteroatoms. The first kappa shape index (κ1) is 20.0. The van der Waals surface area contributed by atoms with Crippen LogP contribution < -0.4 is 15.4 Å². The monoisotopic (exact) mass is 423 g/mol. The summed E-state index contributed by atoms with van der Waals surface area (Å²) in [4.78, 5) is 24.9. The van der Waals surface area contributed by atoms with Crippen LogP contribution in [0.5, 0.6) is 5.75 Å². The highest BCUT2D eigenvalue weighted by Gasteiger charge is 2.25. The highest BCUT2D eigenvalue weighted by Crippen LogP contribution is 2.23. The van der Waals surface area contributed by atoms with E-state index in [2.05, 4.69) is 20.8 Å². The van der Waals surface area contributed by atoms with Gasteiger partial charge in [0.2, 0.25) is 5.91 Å². The maximum atomic E-state index is 12.5. The second kappa shape index (κ2) is 9.00. The molecule has 2 N–H and O–H groups in total. The number of benzene rings is 2. The highest BCUT2D eigenvalue weighted by molar-refractivity contribution is 7.99. The summed E-state index contributed by atoms with van der Waals surface area (Å²) in [7, 11) is 1.61. The van der Waals surface area contributed by atoms with Crippen LogP contribution in [0.2, 0.25) is 0 Å². The SMILES string of the molecule is COc1ccc(-n2cnnc2SCC(=O)Nc2ccccc2C(=O)NC2CC2)cc1. The van der Waals surface area contributed by atoms with E-state index in [-0.39, 0.29) is 23.6 Å². The molecule has 2 aromatic carbocycles. The lowest BCUT2D eigenvalue weighted by atomic mass is 10.1. The molecule has 0 aliphatic heterocycles. The van der Waals surface area contributed by atoms with Gasteiger partial charge in [0.1, 0.15) is 12.1 Å². The molecule has 4 rings (SSSR count). The van der Waals surface area contributed by atoms with Crippen molar-refractivity contribution in [3.8, 4) is 11.4 Å². The molecule has 1 fully saturated rings. The van der Waals surface area contributed by atoms with Gasteiger partial charge in [-0.3, -0.25) is 14.2 Å². The van der Waals surface area contributed by atoms with Gasteiger partial charge in [-0.05, 0) is 49.2 Å². The van der Waals surface area contributed by atoms with E-state index in [1.807, 2.05) is 24.3 Å². The summed E-state index contributed by atoms with van der Waals surface area (Å²) in [5, 5.41) is 14.4. The van der Waals surface area contributed by atoms with Crippen molar-refractivity contribution in [1.82, 2.24) is 20.1 Å². The third-order valence-electron chi connectivity index (χ3n) is 4.56. The number of hydrogen-bond donors (Lipinski definition) is 2. The summed E-state index contributed by atoms with van der Waals surface area (Å²) in [6, 6.07) is 14.7. The zero-order valence-corrected chi connectivity index (χ0v) is 17.2. The van der Waals surface area contributed by atoms with E-state index in [1.165, 1.54) is 11.8 Å². The number of para-hydroxylation sites is 1. The highest BCUT2D eigenvalue weighted by atomic mass is 32.2. The molecular formula is C21H21N5O3S. The molecule has 0 spiro atoms. The molecule has 8 nitrogen and oxygen atoms in total. The topological polar surface area (TPSA) is 98.1 Å². The van der Waals surface area contributed by atoms with Crippen molar-refractivity contribution < 1.29 is 14.3 Å². The van der Waals surface area contributed by atoms with E-state index in [0.717, 1.165) is 24.3 Å². The number of nitrogens with zero attached hydrogens (tertiary/aromatic N) is 3. The van der Waals surface area contributed by atoms with Gasteiger partial charge < -0.3 is 15.4 Å². The summed E-state index contributed by atoms with van der Waals surface area (Å²) in [5.74, 6) is 0.494. The predicted molar refractivity (Wildman–Crippen MR) is 114 cm³/mol. The van der Waals surface area contributed by atoms with Crippen molar-refractivity contribution in [3.63, 3.8) is 0 Å². The Kier molecular flexibility index (Phi) is 5.99. The first-order valence-corrected chi connectivity index (χ1v) is 10.5. The number of amides is 2. The Balaban J connectivity index is 1.39. The van der Waals surface area contributed by atoms with E-state index in [9.17, 15) is 9.59 Å². The zero-order valence-electron chi connectivity index (χ0n) is 16.4. The Hall–Kier alpha value is -3.33. The molecule has 0 bridgehead atoms. The fourth-order valence-electron chi connectivity index (χ4n) is 2.84. The molecular weight excluding hydrogens is 402 g/mol. The lowest BCUT2D eigenvalue weighted by molar-refractivity contribution is -0.113. The maximum Gasteiger partial charge on any atom is 0.253 e. The zero-order chi connectivity index (χ0) is 20.9. The summed E-state index contributed by atoms with van der Waals surface area (Å²) in [5.41, 5.74) is 1.83. The first-order valence-electron chi connectivity index (χ1n) is 9.51. The maximum absolute atomic E-state index is 12.5. The lowest BCUT2D eigenvalue weighted by Gasteiger charge is -2.11. The van der Waals surface area contributed by atoms with Crippen LogP contribution in [-0.2, 0) is 4.79 Å². The Morgan fingerprint density at radius 2 is 1.93 bits per heavy atom. The van der Waals surface area contributed by atoms with Gasteiger partial charge in [-0.15, -0.1) is 10.2 Å². The van der Waals surface area contributed by atoms with Crippen LogP contribution in [-0.4, -0.2) is 45.5 Å². The van der Waals surface area contributed by atoms with Gasteiger partial charge in [-0.25, -0.2) is 0 Å². The van der Waals surface area contributed by atoms with E-state index in [0.29, 0.717) is 16.4 Å². The number of aromatic nitrogens is 3. The normalized spacial score (nSPS) is 13.0. The fraction of sp³-hybridized carbons (Fsp3) is 0.238. The molecule has 0 unspecified atom stereocenters. The Morgan fingerprint density at radius 3 is 2.67 bits per heavy atom. The second-order valence-corrected chi connectivity index (χ2v) is 7.75. The minimum absolute atomic E-state index is 0.132. The summed E-state index contributed by atoms with van der Waals surface area (Å²) >= 11 is 1.27. The van der Waals surface area contributed by atoms with Gasteiger partial charge >= 0.3 is 0 Å². The number of rotatable bonds is 8. The number of thioether (sulfide) groups is 1. The average molecular weight is 423 g/mol. The van der Waals surface area contributed by atoms with Crippen LogP contribution in [0.1, 0.15) is 23.2 Å². The number of hydrogen-bond acceptors (Lipinski definition) is 6. The summed E-state index contributed by atoms with van der Waals surface area (Å²) in [6.07, 6.45) is 3.61. The van der Waals surface area contributed by atoms with Crippen LogP contribution in [0.15, 0.2) is 60.0 Å². The number of carbonyl (C=O) groups is 2. The molecule has 2 amide bonds. The Labute approximate surface area is 178 Å². The molecule has 1 saturated carbocycles. The number of anilines is 1. The Bertz CT molecular complexity index is 1050. The van der Waals surface area contributed by atoms with E-state index >= 15 is 0 Å². The molecule has 1 aliphatic rings. The van der Waals surface area contributed by atoms with E-state index < -0.39 is 0 Å². The van der Waals surface area contributed by atoms with Crippen molar-refractivity contribution in [3.05, 3.63) is 60.4 Å². The molecule has 1 aliphatic carbocycles. The third kappa shape index (κ3) is 4.80. The van der Waals surface area contributed by atoms with Gasteiger partial charge in [0.15, 0.2) is 5.16 Å². The predicted octanol–water partition coefficient (Wildman–Crippen LogP) is 2.90. The minimum Gasteiger partial charge on any atom is -0.497 e. The minimum atomic E-state index is -0.226. The summed E-state index contributed by atoms with van der Waals surface area (Å²) in [6.45, 7) is 0. The molecule has 30 heavy (non-hydrogen) atoms. The van der Waals surface area contributed by atoms with Crippen LogP contribution in [0.4, 0.5) is 5.69 Å². The molecule has 0 radical (unpaired) electrons. The number of nitrogens with one attached hydrogen (secondary N) is 2. The van der Waals surface area contributed by atoms with Crippen molar-refractivity contribution in [2.45, 2.75) is 24.0 Å². The van der Waals surface area contributed by atoms with Crippen molar-refractivity contribution in [2.24, 2.45) is 0 Å². The molecule has 154 valence electrons. The van der Waals surface area contributed by atoms with Gasteiger partial charge in [0.25, 0.3) is 5.91 Å². The first-order chi connectivity index (χ1) is 14.6. The van der Waals surface area contributed by atoms with Crippen molar-refractivity contribution >= 4 is 29.3 Å². The molecule has 0 saturated heterocycles. The fourth-order valence-corrected chi connectivity index (χ4v) is 3.57. The van der Waals surface area contributed by atoms with Crippen molar-refractivity contribution in [1.29, 1.82) is 0 Å². The number of carbonyl (C=O) groups excluding carboxylic acids is 2. The molecule has 0 atom stereocenters. The molecule has 3 aromatic rings. The van der Waals surface area contributed by atoms with Gasteiger partial charge in [-0.1, -0.05) is 23.9 Å². The van der Waals surface area contributed by atoms with Crippen LogP contribution in [0.3, 0.4) is 0 Å². The van der Waals surface area contributed by atoms with Gasteiger partial charge in [0, 0.05) is 11.7 Å². The third-order valence-corrected chi connectivity index (χ3v) is 5.50.